The molecule has 1 aromatic heterocycles. The van der Waals surface area contributed by atoms with Crippen molar-refractivity contribution in [3.8, 4) is 0 Å². The number of carbonyl (C=O) groups excluding carboxylic acids is 1. The lowest BCUT2D eigenvalue weighted by molar-refractivity contribution is -0.137. The number of alkyl halides is 3. The summed E-state index contributed by atoms with van der Waals surface area (Å²) < 4.78 is 43.7. The lowest BCUT2D eigenvalue weighted by atomic mass is 10.0. The number of fused-ring (bicyclic) bond motifs is 1. The molecule has 3 rings (SSSR count). The van der Waals surface area contributed by atoms with E-state index in [4.69, 9.17) is 10.5 Å². The van der Waals surface area contributed by atoms with Gasteiger partial charge in [-0.1, -0.05) is 30.3 Å². The first-order valence-electron chi connectivity index (χ1n) is 7.62. The second-order valence-corrected chi connectivity index (χ2v) is 5.79. The SMILES string of the molecule is N[C@@H]1CN(C(=O)OCc2ccccc2)Cc2cc(C(F)(F)F)cnc21. The van der Waals surface area contributed by atoms with Crippen molar-refractivity contribution in [1.29, 1.82) is 0 Å². The number of amides is 1. The number of hydrogen-bond donors (Lipinski definition) is 1. The van der Waals surface area contributed by atoms with Gasteiger partial charge >= 0.3 is 12.3 Å². The Morgan fingerprint density at radius 3 is 2.72 bits per heavy atom. The van der Waals surface area contributed by atoms with Crippen molar-refractivity contribution >= 4 is 6.09 Å². The zero-order valence-corrected chi connectivity index (χ0v) is 13.2. The van der Waals surface area contributed by atoms with Crippen LogP contribution in [0.1, 0.15) is 28.4 Å². The maximum Gasteiger partial charge on any atom is 0.417 e. The van der Waals surface area contributed by atoms with Gasteiger partial charge < -0.3 is 15.4 Å². The lowest BCUT2D eigenvalue weighted by Crippen LogP contribution is -2.41. The first kappa shape index (κ1) is 17.2. The van der Waals surface area contributed by atoms with Gasteiger partial charge in [0.05, 0.1) is 23.8 Å². The minimum absolute atomic E-state index is 0.0203. The summed E-state index contributed by atoms with van der Waals surface area (Å²) in [5.41, 5.74) is 6.56. The van der Waals surface area contributed by atoms with E-state index in [0.717, 1.165) is 17.8 Å². The molecule has 132 valence electrons. The average molecular weight is 351 g/mol. The van der Waals surface area contributed by atoms with Gasteiger partial charge in [-0.2, -0.15) is 13.2 Å². The Morgan fingerprint density at radius 2 is 2.04 bits per heavy atom. The van der Waals surface area contributed by atoms with Crippen molar-refractivity contribution in [2.45, 2.75) is 25.4 Å². The standard InChI is InChI=1S/C17H16F3N3O2/c18-17(19,20)13-6-12-8-23(9-14(21)15(12)22-7-13)16(24)25-10-11-4-2-1-3-5-11/h1-7,14H,8-10,21H2/t14-/m1/s1. The molecule has 1 aromatic carbocycles. The van der Waals surface area contributed by atoms with E-state index >= 15 is 0 Å². The molecule has 0 aliphatic carbocycles. The van der Waals surface area contributed by atoms with E-state index in [2.05, 4.69) is 4.98 Å². The summed E-state index contributed by atoms with van der Waals surface area (Å²) in [6, 6.07) is 9.43. The largest absolute Gasteiger partial charge is 0.445 e. The molecule has 0 bridgehead atoms. The van der Waals surface area contributed by atoms with Crippen LogP contribution < -0.4 is 5.73 Å². The van der Waals surface area contributed by atoms with E-state index in [1.165, 1.54) is 4.90 Å². The number of carbonyl (C=O) groups is 1. The van der Waals surface area contributed by atoms with Crippen LogP contribution in [0.5, 0.6) is 0 Å². The van der Waals surface area contributed by atoms with E-state index in [-0.39, 0.29) is 25.3 Å². The molecule has 0 fully saturated rings. The molecular weight excluding hydrogens is 335 g/mol. The molecule has 2 aromatic rings. The van der Waals surface area contributed by atoms with Crippen LogP contribution in [0.4, 0.5) is 18.0 Å². The van der Waals surface area contributed by atoms with Gasteiger partial charge in [-0.15, -0.1) is 0 Å². The van der Waals surface area contributed by atoms with Gasteiger partial charge in [-0.05, 0) is 17.2 Å². The molecule has 1 aliphatic rings. The number of halogens is 3. The van der Waals surface area contributed by atoms with Crippen LogP contribution in [0.15, 0.2) is 42.6 Å². The van der Waals surface area contributed by atoms with Crippen LogP contribution in [-0.2, 0) is 24.1 Å². The Labute approximate surface area is 142 Å². The highest BCUT2D eigenvalue weighted by atomic mass is 19.4. The topological polar surface area (TPSA) is 68.5 Å². The van der Waals surface area contributed by atoms with Crippen molar-refractivity contribution in [1.82, 2.24) is 9.88 Å². The van der Waals surface area contributed by atoms with E-state index in [9.17, 15) is 18.0 Å². The number of pyridine rings is 1. The predicted molar refractivity (Wildman–Crippen MR) is 83.2 cm³/mol. The summed E-state index contributed by atoms with van der Waals surface area (Å²) >= 11 is 0. The number of nitrogens with zero attached hydrogens (tertiary/aromatic N) is 2. The molecule has 25 heavy (non-hydrogen) atoms. The Morgan fingerprint density at radius 1 is 1.32 bits per heavy atom. The van der Waals surface area contributed by atoms with Crippen molar-refractivity contribution in [2.24, 2.45) is 5.73 Å². The van der Waals surface area contributed by atoms with Crippen LogP contribution in [0, 0.1) is 0 Å². The Bertz CT molecular complexity index is 765. The third kappa shape index (κ3) is 3.90. The number of hydrogen-bond acceptors (Lipinski definition) is 4. The van der Waals surface area contributed by atoms with Crippen molar-refractivity contribution in [3.63, 3.8) is 0 Å². The second kappa shape index (κ2) is 6.72. The highest BCUT2D eigenvalue weighted by molar-refractivity contribution is 5.68. The van der Waals surface area contributed by atoms with E-state index in [0.29, 0.717) is 5.69 Å². The molecule has 2 heterocycles. The van der Waals surface area contributed by atoms with E-state index < -0.39 is 23.9 Å². The van der Waals surface area contributed by atoms with Gasteiger partial charge in [0.2, 0.25) is 0 Å². The summed E-state index contributed by atoms with van der Waals surface area (Å²) in [6.45, 7) is 0.200. The summed E-state index contributed by atoms with van der Waals surface area (Å²) in [7, 11) is 0. The molecule has 2 N–H and O–H groups in total. The minimum atomic E-state index is -4.50. The smallest absolute Gasteiger partial charge is 0.417 e. The zero-order valence-electron chi connectivity index (χ0n) is 13.2. The quantitative estimate of drug-likeness (QED) is 0.902. The predicted octanol–water partition coefficient (Wildman–Crippen LogP) is 3.25. The third-order valence-electron chi connectivity index (χ3n) is 3.92. The Balaban J connectivity index is 1.72. The second-order valence-electron chi connectivity index (χ2n) is 5.79. The fourth-order valence-electron chi connectivity index (χ4n) is 2.68. The molecular formula is C17H16F3N3O2. The fraction of sp³-hybridized carbons (Fsp3) is 0.294. The first-order chi connectivity index (χ1) is 11.8. The van der Waals surface area contributed by atoms with Crippen LogP contribution in [0.25, 0.3) is 0 Å². The van der Waals surface area contributed by atoms with Gasteiger partial charge in [0.25, 0.3) is 0 Å². The maximum atomic E-state index is 12.8. The summed E-state index contributed by atoms with van der Waals surface area (Å²) in [5, 5.41) is 0. The Kier molecular flexibility index (Phi) is 4.63. The number of rotatable bonds is 2. The van der Waals surface area contributed by atoms with Gasteiger partial charge in [0, 0.05) is 12.7 Å². The highest BCUT2D eigenvalue weighted by Crippen LogP contribution is 2.32. The van der Waals surface area contributed by atoms with Gasteiger partial charge in [-0.3, -0.25) is 4.98 Å². The molecule has 0 unspecified atom stereocenters. The van der Waals surface area contributed by atoms with Crippen molar-refractivity contribution < 1.29 is 22.7 Å². The van der Waals surface area contributed by atoms with Crippen LogP contribution in [0.2, 0.25) is 0 Å². The zero-order chi connectivity index (χ0) is 18.0. The molecule has 0 saturated heterocycles. The molecule has 1 atom stereocenters. The van der Waals surface area contributed by atoms with Gasteiger partial charge in [0.1, 0.15) is 6.61 Å². The summed E-state index contributed by atoms with van der Waals surface area (Å²) in [6.07, 6.45) is -4.35. The fourth-order valence-corrected chi connectivity index (χ4v) is 2.68. The monoisotopic (exact) mass is 351 g/mol. The molecule has 0 spiro atoms. The highest BCUT2D eigenvalue weighted by Gasteiger charge is 2.34. The van der Waals surface area contributed by atoms with Gasteiger partial charge in [-0.25, -0.2) is 4.79 Å². The van der Waals surface area contributed by atoms with Crippen LogP contribution >= 0.6 is 0 Å². The molecule has 8 heteroatoms. The lowest BCUT2D eigenvalue weighted by Gasteiger charge is -2.31. The number of ether oxygens (including phenoxy) is 1. The maximum absolute atomic E-state index is 12.8. The van der Waals surface area contributed by atoms with Crippen molar-refractivity contribution in [2.75, 3.05) is 6.54 Å². The van der Waals surface area contributed by atoms with Crippen molar-refractivity contribution in [3.05, 3.63) is 65.0 Å². The Hall–Kier alpha value is -2.61. The molecule has 0 saturated carbocycles. The summed E-state index contributed by atoms with van der Waals surface area (Å²) in [5.74, 6) is 0. The first-order valence-corrected chi connectivity index (χ1v) is 7.62. The van der Waals surface area contributed by atoms with Gasteiger partial charge in [0.15, 0.2) is 0 Å². The number of benzene rings is 1. The average Bonchev–Trinajstić information content (AvgIpc) is 2.59. The third-order valence-corrected chi connectivity index (χ3v) is 3.92. The molecule has 5 nitrogen and oxygen atoms in total. The molecule has 1 amide bonds. The minimum Gasteiger partial charge on any atom is -0.445 e. The van der Waals surface area contributed by atoms with Crippen LogP contribution in [0.3, 0.4) is 0 Å². The molecule has 1 aliphatic heterocycles. The normalized spacial score (nSPS) is 17.1. The van der Waals surface area contributed by atoms with Crippen LogP contribution in [-0.4, -0.2) is 22.5 Å². The van der Waals surface area contributed by atoms with E-state index in [1.54, 1.807) is 0 Å². The number of aromatic nitrogens is 1. The molecule has 0 radical (unpaired) electrons. The number of nitrogens with two attached hydrogens (primary N) is 1. The van der Waals surface area contributed by atoms with E-state index in [1.807, 2.05) is 30.3 Å². The summed E-state index contributed by atoms with van der Waals surface area (Å²) in [4.78, 5) is 17.3.